The first kappa shape index (κ1) is 23.2. The fourth-order valence-electron chi connectivity index (χ4n) is 3.05. The number of hydrogen-bond donors (Lipinski definition) is 1. The SMILES string of the molecule is CCCCCCCCCCCCC=CCCCCCCCC(=O)O. The first-order valence-corrected chi connectivity index (χ1v) is 10.6. The number of rotatable bonds is 19. The van der Waals surface area contributed by atoms with Gasteiger partial charge < -0.3 is 5.11 Å². The number of allylic oxidation sites excluding steroid dienone is 2. The highest BCUT2D eigenvalue weighted by Gasteiger charge is 1.96. The molecule has 24 heavy (non-hydrogen) atoms. The Kier molecular flexibility index (Phi) is 19.6. The molecule has 0 saturated carbocycles. The molecule has 0 atom stereocenters. The van der Waals surface area contributed by atoms with Crippen LogP contribution in [0.5, 0.6) is 0 Å². The van der Waals surface area contributed by atoms with Crippen molar-refractivity contribution in [2.24, 2.45) is 0 Å². The highest BCUT2D eigenvalue weighted by molar-refractivity contribution is 5.66. The maximum absolute atomic E-state index is 10.4. The van der Waals surface area contributed by atoms with Crippen LogP contribution in [0, 0.1) is 0 Å². The first-order chi connectivity index (χ1) is 11.8. The normalized spacial score (nSPS) is 11.4. The Morgan fingerprint density at radius 2 is 1.00 bits per heavy atom. The second-order valence-electron chi connectivity index (χ2n) is 7.14. The summed E-state index contributed by atoms with van der Waals surface area (Å²) in [6.45, 7) is 2.28. The van der Waals surface area contributed by atoms with Gasteiger partial charge in [0.1, 0.15) is 0 Å². The van der Waals surface area contributed by atoms with Crippen molar-refractivity contribution in [3.8, 4) is 0 Å². The minimum absolute atomic E-state index is 0.332. The zero-order valence-corrected chi connectivity index (χ0v) is 16.2. The lowest BCUT2D eigenvalue weighted by molar-refractivity contribution is -0.137. The van der Waals surface area contributed by atoms with Crippen LogP contribution in [0.25, 0.3) is 0 Å². The Morgan fingerprint density at radius 1 is 0.625 bits per heavy atom. The third-order valence-corrected chi connectivity index (χ3v) is 4.65. The van der Waals surface area contributed by atoms with E-state index >= 15 is 0 Å². The quantitative estimate of drug-likeness (QED) is 0.194. The van der Waals surface area contributed by atoms with Crippen molar-refractivity contribution in [2.75, 3.05) is 0 Å². The minimum Gasteiger partial charge on any atom is -0.481 e. The van der Waals surface area contributed by atoms with E-state index in [0.717, 1.165) is 12.8 Å². The van der Waals surface area contributed by atoms with Gasteiger partial charge in [-0.3, -0.25) is 4.79 Å². The lowest BCUT2D eigenvalue weighted by Gasteiger charge is -2.01. The van der Waals surface area contributed by atoms with Gasteiger partial charge in [0.25, 0.3) is 0 Å². The van der Waals surface area contributed by atoms with Crippen LogP contribution in [-0.2, 0) is 4.79 Å². The number of carboxylic acid groups (broad SMARTS) is 1. The molecule has 0 unspecified atom stereocenters. The number of carboxylic acids is 1. The topological polar surface area (TPSA) is 37.3 Å². The van der Waals surface area contributed by atoms with E-state index in [4.69, 9.17) is 5.11 Å². The molecule has 0 amide bonds. The van der Waals surface area contributed by atoms with Crippen molar-refractivity contribution in [1.29, 1.82) is 0 Å². The monoisotopic (exact) mass is 338 g/mol. The Balaban J connectivity index is 3.07. The maximum Gasteiger partial charge on any atom is 0.303 e. The molecule has 0 aromatic carbocycles. The Morgan fingerprint density at radius 3 is 1.42 bits per heavy atom. The summed E-state index contributed by atoms with van der Waals surface area (Å²) in [5.41, 5.74) is 0. The molecule has 0 saturated heterocycles. The second kappa shape index (κ2) is 20.3. The number of carbonyl (C=O) groups is 1. The van der Waals surface area contributed by atoms with Crippen LogP contribution < -0.4 is 0 Å². The summed E-state index contributed by atoms with van der Waals surface area (Å²) in [5, 5.41) is 8.55. The second-order valence-corrected chi connectivity index (χ2v) is 7.14. The molecular weight excluding hydrogens is 296 g/mol. The molecule has 2 nitrogen and oxygen atoms in total. The zero-order valence-electron chi connectivity index (χ0n) is 16.2. The van der Waals surface area contributed by atoms with Crippen LogP contribution in [0.15, 0.2) is 12.2 Å². The van der Waals surface area contributed by atoms with Crippen molar-refractivity contribution in [3.63, 3.8) is 0 Å². The summed E-state index contributed by atoms with van der Waals surface area (Å²) in [5.74, 6) is -0.662. The molecule has 2 heteroatoms. The Hall–Kier alpha value is -0.790. The van der Waals surface area contributed by atoms with Crippen LogP contribution in [0.3, 0.4) is 0 Å². The molecule has 0 aliphatic heterocycles. The van der Waals surface area contributed by atoms with E-state index in [-0.39, 0.29) is 0 Å². The van der Waals surface area contributed by atoms with Crippen molar-refractivity contribution in [3.05, 3.63) is 12.2 Å². The summed E-state index contributed by atoms with van der Waals surface area (Å²) < 4.78 is 0. The van der Waals surface area contributed by atoms with Crippen LogP contribution in [0.2, 0.25) is 0 Å². The minimum atomic E-state index is -0.662. The summed E-state index contributed by atoms with van der Waals surface area (Å²) in [6, 6.07) is 0. The van der Waals surface area contributed by atoms with Crippen LogP contribution in [-0.4, -0.2) is 11.1 Å². The molecule has 1 N–H and O–H groups in total. The molecule has 0 spiro atoms. The van der Waals surface area contributed by atoms with Crippen LogP contribution in [0.4, 0.5) is 0 Å². The van der Waals surface area contributed by atoms with E-state index in [2.05, 4.69) is 19.1 Å². The molecule has 0 aliphatic rings. The van der Waals surface area contributed by atoms with Crippen LogP contribution in [0.1, 0.15) is 122 Å². The van der Waals surface area contributed by atoms with E-state index in [1.54, 1.807) is 0 Å². The fourth-order valence-corrected chi connectivity index (χ4v) is 3.05. The van der Waals surface area contributed by atoms with Gasteiger partial charge in [0.2, 0.25) is 0 Å². The standard InChI is InChI=1S/C22H42O2/c1-2-3-4-5-6-7-8-9-10-11-12-13-14-15-16-17-18-19-20-21-22(23)24/h13-14H,2-12,15-21H2,1H3,(H,23,24). The predicted molar refractivity (Wildman–Crippen MR) is 106 cm³/mol. The van der Waals surface area contributed by atoms with Gasteiger partial charge in [0.05, 0.1) is 0 Å². The van der Waals surface area contributed by atoms with Gasteiger partial charge in [0, 0.05) is 6.42 Å². The summed E-state index contributed by atoms with van der Waals surface area (Å²) in [6.07, 6.45) is 27.1. The van der Waals surface area contributed by atoms with Gasteiger partial charge in [-0.1, -0.05) is 96.1 Å². The number of unbranched alkanes of at least 4 members (excludes halogenated alkanes) is 15. The van der Waals surface area contributed by atoms with E-state index in [9.17, 15) is 4.79 Å². The summed E-state index contributed by atoms with van der Waals surface area (Å²) >= 11 is 0. The largest absolute Gasteiger partial charge is 0.481 e. The summed E-state index contributed by atoms with van der Waals surface area (Å²) in [7, 11) is 0. The van der Waals surface area contributed by atoms with Crippen molar-refractivity contribution >= 4 is 5.97 Å². The Bertz CT molecular complexity index is 284. The lowest BCUT2D eigenvalue weighted by Crippen LogP contribution is -1.93. The van der Waals surface area contributed by atoms with Crippen LogP contribution >= 0.6 is 0 Å². The van der Waals surface area contributed by atoms with Gasteiger partial charge in [-0.05, 0) is 32.1 Å². The van der Waals surface area contributed by atoms with Crippen molar-refractivity contribution in [1.82, 2.24) is 0 Å². The predicted octanol–water partition coefficient (Wildman–Crippen LogP) is 7.67. The van der Waals surface area contributed by atoms with Gasteiger partial charge in [-0.2, -0.15) is 0 Å². The maximum atomic E-state index is 10.4. The van der Waals surface area contributed by atoms with E-state index in [1.807, 2.05) is 0 Å². The van der Waals surface area contributed by atoms with Crippen molar-refractivity contribution < 1.29 is 9.90 Å². The molecule has 0 aromatic heterocycles. The molecule has 0 aromatic rings. The highest BCUT2D eigenvalue weighted by atomic mass is 16.4. The third kappa shape index (κ3) is 21.2. The van der Waals surface area contributed by atoms with Gasteiger partial charge >= 0.3 is 5.97 Å². The highest BCUT2D eigenvalue weighted by Crippen LogP contribution is 2.12. The average Bonchev–Trinajstić information content (AvgIpc) is 2.56. The molecule has 0 fully saturated rings. The number of aliphatic carboxylic acids is 1. The molecule has 142 valence electrons. The molecule has 0 radical (unpaired) electrons. The molecule has 0 aliphatic carbocycles. The molecule has 0 rings (SSSR count). The summed E-state index contributed by atoms with van der Waals surface area (Å²) in [4.78, 5) is 10.4. The lowest BCUT2D eigenvalue weighted by atomic mass is 10.1. The molecular formula is C22H42O2. The molecule has 0 bridgehead atoms. The fraction of sp³-hybridized carbons (Fsp3) is 0.864. The smallest absolute Gasteiger partial charge is 0.303 e. The van der Waals surface area contributed by atoms with E-state index in [1.165, 1.54) is 96.3 Å². The molecule has 0 heterocycles. The number of hydrogen-bond acceptors (Lipinski definition) is 1. The van der Waals surface area contributed by atoms with Gasteiger partial charge in [0.15, 0.2) is 0 Å². The van der Waals surface area contributed by atoms with Gasteiger partial charge in [-0.15, -0.1) is 0 Å². The van der Waals surface area contributed by atoms with Crippen molar-refractivity contribution in [2.45, 2.75) is 122 Å². The first-order valence-electron chi connectivity index (χ1n) is 10.6. The van der Waals surface area contributed by atoms with E-state index < -0.39 is 5.97 Å². The average molecular weight is 339 g/mol. The zero-order chi connectivity index (χ0) is 17.7. The Labute approximate surface area is 151 Å². The third-order valence-electron chi connectivity index (χ3n) is 4.65. The van der Waals surface area contributed by atoms with Gasteiger partial charge in [-0.25, -0.2) is 0 Å². The van der Waals surface area contributed by atoms with E-state index in [0.29, 0.717) is 6.42 Å².